The van der Waals surface area contributed by atoms with Crippen molar-refractivity contribution in [1.82, 2.24) is 4.90 Å². The predicted molar refractivity (Wildman–Crippen MR) is 70.9 cm³/mol. The van der Waals surface area contributed by atoms with Crippen LogP contribution in [0.4, 0.5) is 0 Å². The molecule has 17 heavy (non-hydrogen) atoms. The third-order valence-electron chi connectivity index (χ3n) is 3.77. The molecule has 2 heteroatoms. The minimum absolute atomic E-state index is 0.702. The summed E-state index contributed by atoms with van der Waals surface area (Å²) in [7, 11) is 2.11. The molecule has 1 N–H and O–H groups in total. The van der Waals surface area contributed by atoms with Crippen molar-refractivity contribution in [3.63, 3.8) is 0 Å². The van der Waals surface area contributed by atoms with Gasteiger partial charge in [-0.15, -0.1) is 0 Å². The van der Waals surface area contributed by atoms with E-state index in [1.165, 1.54) is 19.3 Å². The van der Waals surface area contributed by atoms with Crippen LogP contribution in [0.15, 0.2) is 30.3 Å². The van der Waals surface area contributed by atoms with Crippen molar-refractivity contribution >= 4 is 0 Å². The summed E-state index contributed by atoms with van der Waals surface area (Å²) in [6.45, 7) is 3.72. The minimum Gasteiger partial charge on any atom is -0.384 e. The normalized spacial score (nSPS) is 20.0. The van der Waals surface area contributed by atoms with E-state index < -0.39 is 5.60 Å². The van der Waals surface area contributed by atoms with Crippen molar-refractivity contribution in [3.8, 4) is 0 Å². The third-order valence-corrected chi connectivity index (χ3v) is 3.77. The molecular formula is C15H23NO. The Kier molecular flexibility index (Phi) is 3.85. The highest BCUT2D eigenvalue weighted by Crippen LogP contribution is 2.28. The van der Waals surface area contributed by atoms with Crippen LogP contribution >= 0.6 is 0 Å². The van der Waals surface area contributed by atoms with Crippen molar-refractivity contribution in [3.05, 3.63) is 35.9 Å². The molecule has 2 rings (SSSR count). The number of benzene rings is 1. The summed E-state index contributed by atoms with van der Waals surface area (Å²) >= 11 is 0. The second-order valence-corrected chi connectivity index (χ2v) is 5.63. The molecular weight excluding hydrogens is 210 g/mol. The van der Waals surface area contributed by atoms with Gasteiger partial charge in [0, 0.05) is 13.1 Å². The van der Waals surface area contributed by atoms with Gasteiger partial charge >= 0.3 is 0 Å². The molecule has 1 aliphatic carbocycles. The van der Waals surface area contributed by atoms with Crippen LogP contribution in [0.25, 0.3) is 0 Å². The van der Waals surface area contributed by atoms with Crippen LogP contribution < -0.4 is 0 Å². The molecule has 2 nitrogen and oxygen atoms in total. The van der Waals surface area contributed by atoms with E-state index in [2.05, 4.69) is 11.9 Å². The number of aliphatic hydroxyl groups is 1. The summed E-state index contributed by atoms with van der Waals surface area (Å²) in [6, 6.07) is 9.94. The van der Waals surface area contributed by atoms with Gasteiger partial charge in [-0.1, -0.05) is 36.8 Å². The highest BCUT2D eigenvalue weighted by Gasteiger charge is 2.27. The van der Waals surface area contributed by atoms with E-state index in [-0.39, 0.29) is 0 Å². The summed E-state index contributed by atoms with van der Waals surface area (Å²) in [5.41, 5.74) is 0.250. The van der Waals surface area contributed by atoms with Crippen molar-refractivity contribution in [2.45, 2.75) is 31.8 Å². The lowest BCUT2D eigenvalue weighted by molar-refractivity contribution is 0.0160. The van der Waals surface area contributed by atoms with Gasteiger partial charge in [0.25, 0.3) is 0 Å². The molecule has 0 saturated heterocycles. The zero-order valence-corrected chi connectivity index (χ0v) is 10.9. The van der Waals surface area contributed by atoms with Crippen LogP contribution in [-0.2, 0) is 5.60 Å². The fourth-order valence-corrected chi connectivity index (χ4v) is 2.59. The molecule has 0 aromatic heterocycles. The highest BCUT2D eigenvalue weighted by molar-refractivity contribution is 5.21. The number of likely N-dealkylation sites (N-methyl/N-ethyl adjacent to an activating group) is 1. The van der Waals surface area contributed by atoms with Gasteiger partial charge < -0.3 is 10.0 Å². The smallest absolute Gasteiger partial charge is 0.0994 e. The van der Waals surface area contributed by atoms with E-state index >= 15 is 0 Å². The fourth-order valence-electron chi connectivity index (χ4n) is 2.59. The second-order valence-electron chi connectivity index (χ2n) is 5.63. The topological polar surface area (TPSA) is 23.5 Å². The molecule has 0 heterocycles. The van der Waals surface area contributed by atoms with Gasteiger partial charge in [-0.05, 0) is 38.3 Å². The molecule has 1 aliphatic rings. The predicted octanol–water partition coefficient (Wildman–Crippen LogP) is 2.63. The van der Waals surface area contributed by atoms with Gasteiger partial charge in [0.2, 0.25) is 0 Å². The summed E-state index contributed by atoms with van der Waals surface area (Å²) in [4.78, 5) is 2.26. The Morgan fingerprint density at radius 3 is 2.47 bits per heavy atom. The maximum atomic E-state index is 10.5. The molecule has 1 aromatic rings. The number of nitrogens with zero attached hydrogens (tertiary/aromatic N) is 1. The average molecular weight is 233 g/mol. The quantitative estimate of drug-likeness (QED) is 0.845. The zero-order chi connectivity index (χ0) is 12.3. The lowest BCUT2D eigenvalue weighted by Gasteiger charge is -2.34. The monoisotopic (exact) mass is 233 g/mol. The molecule has 1 aromatic carbocycles. The van der Waals surface area contributed by atoms with Gasteiger partial charge in [-0.2, -0.15) is 0 Å². The van der Waals surface area contributed by atoms with Crippen LogP contribution in [0.3, 0.4) is 0 Å². The first-order valence-corrected chi connectivity index (χ1v) is 6.54. The SMILES string of the molecule is CN(CC1CCC1)CC(C)(O)c1ccccc1. The first-order chi connectivity index (χ1) is 8.08. The van der Waals surface area contributed by atoms with Crippen molar-refractivity contribution in [2.75, 3.05) is 20.1 Å². The van der Waals surface area contributed by atoms with Gasteiger partial charge in [0.05, 0.1) is 5.60 Å². The van der Waals surface area contributed by atoms with E-state index in [1.54, 1.807) is 0 Å². The first kappa shape index (κ1) is 12.6. The molecule has 0 radical (unpaired) electrons. The van der Waals surface area contributed by atoms with Gasteiger partial charge in [0.15, 0.2) is 0 Å². The van der Waals surface area contributed by atoms with E-state index in [0.717, 1.165) is 18.0 Å². The summed E-state index contributed by atoms with van der Waals surface area (Å²) in [5, 5.41) is 10.5. The van der Waals surface area contributed by atoms with Crippen molar-refractivity contribution in [2.24, 2.45) is 5.92 Å². The lowest BCUT2D eigenvalue weighted by Crippen LogP contribution is -2.40. The van der Waals surface area contributed by atoms with Crippen LogP contribution in [0.5, 0.6) is 0 Å². The standard InChI is InChI=1S/C15H23NO/c1-15(17,14-9-4-3-5-10-14)12-16(2)11-13-7-6-8-13/h3-5,9-10,13,17H,6-8,11-12H2,1-2H3. The largest absolute Gasteiger partial charge is 0.384 e. The number of hydrogen-bond acceptors (Lipinski definition) is 2. The third kappa shape index (κ3) is 3.30. The van der Waals surface area contributed by atoms with Gasteiger partial charge in [-0.25, -0.2) is 0 Å². The van der Waals surface area contributed by atoms with Crippen molar-refractivity contribution in [1.29, 1.82) is 0 Å². The van der Waals surface area contributed by atoms with Gasteiger partial charge in [-0.3, -0.25) is 0 Å². The van der Waals surface area contributed by atoms with Crippen molar-refractivity contribution < 1.29 is 5.11 Å². The number of hydrogen-bond donors (Lipinski definition) is 1. The average Bonchev–Trinajstić information content (AvgIpc) is 2.24. The molecule has 0 bridgehead atoms. The Morgan fingerprint density at radius 1 is 1.29 bits per heavy atom. The molecule has 1 saturated carbocycles. The summed E-state index contributed by atoms with van der Waals surface area (Å²) < 4.78 is 0. The molecule has 0 amide bonds. The molecule has 94 valence electrons. The fraction of sp³-hybridized carbons (Fsp3) is 0.600. The minimum atomic E-state index is -0.750. The van der Waals surface area contributed by atoms with Crippen LogP contribution in [0, 0.1) is 5.92 Å². The van der Waals surface area contributed by atoms with E-state index in [1.807, 2.05) is 37.3 Å². The second kappa shape index (κ2) is 5.19. The molecule has 0 aliphatic heterocycles. The van der Waals surface area contributed by atoms with Gasteiger partial charge in [0.1, 0.15) is 0 Å². The van der Waals surface area contributed by atoms with E-state index in [9.17, 15) is 5.11 Å². The van der Waals surface area contributed by atoms with E-state index in [0.29, 0.717) is 6.54 Å². The Balaban J connectivity index is 1.91. The molecule has 1 unspecified atom stereocenters. The Bertz CT molecular complexity index is 343. The molecule has 1 fully saturated rings. The van der Waals surface area contributed by atoms with Crippen LogP contribution in [0.2, 0.25) is 0 Å². The van der Waals surface area contributed by atoms with Crippen LogP contribution in [0.1, 0.15) is 31.7 Å². The first-order valence-electron chi connectivity index (χ1n) is 6.54. The van der Waals surface area contributed by atoms with Crippen LogP contribution in [-0.4, -0.2) is 30.1 Å². The zero-order valence-electron chi connectivity index (χ0n) is 10.9. The highest BCUT2D eigenvalue weighted by atomic mass is 16.3. The lowest BCUT2D eigenvalue weighted by atomic mass is 9.85. The maximum absolute atomic E-state index is 10.5. The Morgan fingerprint density at radius 2 is 1.94 bits per heavy atom. The molecule has 1 atom stereocenters. The maximum Gasteiger partial charge on any atom is 0.0994 e. The van der Waals surface area contributed by atoms with E-state index in [4.69, 9.17) is 0 Å². The Hall–Kier alpha value is -0.860. The number of rotatable bonds is 5. The Labute approximate surface area is 104 Å². The summed E-state index contributed by atoms with van der Waals surface area (Å²) in [5.74, 6) is 0.853. The summed E-state index contributed by atoms with van der Waals surface area (Å²) in [6.07, 6.45) is 4.10. The molecule has 0 spiro atoms.